The molecule has 14 heavy (non-hydrogen) atoms. The summed E-state index contributed by atoms with van der Waals surface area (Å²) in [6.07, 6.45) is 0.794. The molecule has 4 nitrogen and oxygen atoms in total. The normalized spacial score (nSPS) is 23.6. The molecule has 0 saturated heterocycles. The second-order valence-electron chi connectivity index (χ2n) is 3.63. The Balaban J connectivity index is 2.98. The van der Waals surface area contributed by atoms with Gasteiger partial charge < -0.3 is 10.4 Å². The van der Waals surface area contributed by atoms with E-state index in [0.717, 1.165) is 6.42 Å². The molecule has 0 aliphatic carbocycles. The van der Waals surface area contributed by atoms with Crippen LogP contribution in [0.3, 0.4) is 0 Å². The number of rotatable bonds is 3. The van der Waals surface area contributed by atoms with E-state index < -0.39 is 17.7 Å². The molecule has 0 aromatic rings. The van der Waals surface area contributed by atoms with Crippen LogP contribution in [0, 0.1) is 5.92 Å². The molecule has 0 aromatic heterocycles. The van der Waals surface area contributed by atoms with E-state index in [2.05, 4.69) is 5.32 Å². The molecule has 2 atom stereocenters. The third kappa shape index (κ3) is 1.64. The molecule has 1 heterocycles. The Kier molecular flexibility index (Phi) is 2.93. The van der Waals surface area contributed by atoms with Crippen LogP contribution in [0.25, 0.3) is 0 Å². The summed E-state index contributed by atoms with van der Waals surface area (Å²) in [7, 11) is 0. The molecule has 0 spiro atoms. The Bertz CT molecular complexity index is 306. The average molecular weight is 196 g/mol. The Morgan fingerprint density at radius 3 is 2.57 bits per heavy atom. The Morgan fingerprint density at radius 2 is 2.21 bits per heavy atom. The summed E-state index contributed by atoms with van der Waals surface area (Å²) in [6, 6.07) is -0.508. The third-order valence-electron chi connectivity index (χ3n) is 2.61. The molecule has 1 N–H and O–H groups in total. The molecule has 1 aliphatic heterocycles. The van der Waals surface area contributed by atoms with Crippen molar-refractivity contribution in [2.45, 2.75) is 33.2 Å². The summed E-state index contributed by atoms with van der Waals surface area (Å²) in [5.74, 6) is -1.24. The highest BCUT2D eigenvalue weighted by Gasteiger charge is 2.30. The van der Waals surface area contributed by atoms with Gasteiger partial charge in [0.2, 0.25) is 0 Å². The first-order chi connectivity index (χ1) is 6.49. The van der Waals surface area contributed by atoms with Crippen LogP contribution in [0.15, 0.2) is 11.3 Å². The van der Waals surface area contributed by atoms with E-state index in [9.17, 15) is 14.7 Å². The largest absolute Gasteiger partial charge is 0.873 e. The second kappa shape index (κ2) is 3.82. The third-order valence-corrected chi connectivity index (χ3v) is 2.61. The van der Waals surface area contributed by atoms with E-state index >= 15 is 0 Å². The molecule has 78 valence electrons. The standard InChI is InChI=1S/C10H15NO3/c1-4-5(2)8-9(13)7(6(3)12)10(14)11-8/h5,8,13H,4H2,1-3H3,(H,11,14)/p-1/t5-,8-/m0/s1. The van der Waals surface area contributed by atoms with Crippen LogP contribution in [-0.4, -0.2) is 17.7 Å². The van der Waals surface area contributed by atoms with E-state index in [1.807, 2.05) is 13.8 Å². The number of ketones is 1. The molecular weight excluding hydrogens is 182 g/mol. The lowest BCUT2D eigenvalue weighted by Crippen LogP contribution is -2.37. The highest BCUT2D eigenvalue weighted by Crippen LogP contribution is 2.21. The number of nitrogens with one attached hydrogen (secondary N) is 1. The molecule has 0 unspecified atom stereocenters. The van der Waals surface area contributed by atoms with Gasteiger partial charge >= 0.3 is 0 Å². The van der Waals surface area contributed by atoms with Crippen LogP contribution in [-0.2, 0) is 9.59 Å². The zero-order valence-corrected chi connectivity index (χ0v) is 8.59. The summed E-state index contributed by atoms with van der Waals surface area (Å²) in [4.78, 5) is 22.3. The smallest absolute Gasteiger partial charge is 0.254 e. The first-order valence-electron chi connectivity index (χ1n) is 4.72. The number of hydrogen-bond acceptors (Lipinski definition) is 3. The predicted molar refractivity (Wildman–Crippen MR) is 49.1 cm³/mol. The van der Waals surface area contributed by atoms with E-state index in [1.165, 1.54) is 6.92 Å². The first kappa shape index (κ1) is 10.8. The minimum absolute atomic E-state index is 0.0725. The second-order valence-corrected chi connectivity index (χ2v) is 3.63. The van der Waals surface area contributed by atoms with Gasteiger partial charge in [-0.1, -0.05) is 26.0 Å². The van der Waals surface area contributed by atoms with Crippen LogP contribution in [0.2, 0.25) is 0 Å². The molecule has 4 heteroatoms. The van der Waals surface area contributed by atoms with Crippen LogP contribution in [0.1, 0.15) is 27.2 Å². The monoisotopic (exact) mass is 196 g/mol. The van der Waals surface area contributed by atoms with Gasteiger partial charge in [0.25, 0.3) is 5.91 Å². The zero-order valence-electron chi connectivity index (χ0n) is 8.59. The maximum atomic E-state index is 11.6. The van der Waals surface area contributed by atoms with Gasteiger partial charge in [-0.15, -0.1) is 0 Å². The Morgan fingerprint density at radius 1 is 1.64 bits per heavy atom. The lowest BCUT2D eigenvalue weighted by molar-refractivity contribution is -0.311. The quantitative estimate of drug-likeness (QED) is 0.632. The van der Waals surface area contributed by atoms with Gasteiger partial charge in [0.1, 0.15) is 0 Å². The van der Waals surface area contributed by atoms with E-state index in [-0.39, 0.29) is 17.3 Å². The first-order valence-corrected chi connectivity index (χ1v) is 4.72. The van der Waals surface area contributed by atoms with Crippen molar-refractivity contribution < 1.29 is 14.7 Å². The molecule has 0 radical (unpaired) electrons. The lowest BCUT2D eigenvalue weighted by atomic mass is 9.97. The maximum Gasteiger partial charge on any atom is 0.254 e. The van der Waals surface area contributed by atoms with Gasteiger partial charge in [-0.2, -0.15) is 0 Å². The molecule has 0 fully saturated rings. The molecule has 0 saturated carbocycles. The van der Waals surface area contributed by atoms with Crippen LogP contribution >= 0.6 is 0 Å². The summed E-state index contributed by atoms with van der Waals surface area (Å²) in [5.41, 5.74) is -0.199. The fourth-order valence-electron chi connectivity index (χ4n) is 1.52. The average Bonchev–Trinajstić information content (AvgIpc) is 2.40. The van der Waals surface area contributed by atoms with Crippen molar-refractivity contribution in [1.82, 2.24) is 5.32 Å². The number of Topliss-reactive ketones (excluding diaryl/α,β-unsaturated/α-hetero) is 1. The fraction of sp³-hybridized carbons (Fsp3) is 0.600. The van der Waals surface area contributed by atoms with Gasteiger partial charge in [0, 0.05) is 6.04 Å². The summed E-state index contributed by atoms with van der Waals surface area (Å²) < 4.78 is 0. The fourth-order valence-corrected chi connectivity index (χ4v) is 1.52. The minimum Gasteiger partial charge on any atom is -0.873 e. The van der Waals surface area contributed by atoms with Crippen LogP contribution < -0.4 is 10.4 Å². The zero-order chi connectivity index (χ0) is 10.9. The van der Waals surface area contributed by atoms with Gasteiger partial charge in [0.15, 0.2) is 5.78 Å². The van der Waals surface area contributed by atoms with Gasteiger partial charge in [-0.05, 0) is 12.8 Å². The van der Waals surface area contributed by atoms with Crippen molar-refractivity contribution >= 4 is 11.7 Å². The summed E-state index contributed by atoms with van der Waals surface area (Å²) in [6.45, 7) is 5.06. The lowest BCUT2D eigenvalue weighted by Gasteiger charge is -2.24. The van der Waals surface area contributed by atoms with E-state index in [4.69, 9.17) is 0 Å². The van der Waals surface area contributed by atoms with Crippen LogP contribution in [0.4, 0.5) is 0 Å². The van der Waals surface area contributed by atoms with Crippen LogP contribution in [0.5, 0.6) is 0 Å². The van der Waals surface area contributed by atoms with Gasteiger partial charge in [-0.25, -0.2) is 0 Å². The predicted octanol–water partition coefficient (Wildman–Crippen LogP) is -0.266. The molecule has 0 bridgehead atoms. The maximum absolute atomic E-state index is 11.6. The molecule has 1 aliphatic rings. The number of amides is 1. The number of carbonyl (C=O) groups is 2. The van der Waals surface area contributed by atoms with Crippen molar-refractivity contribution in [2.75, 3.05) is 0 Å². The van der Waals surface area contributed by atoms with Crippen molar-refractivity contribution in [3.05, 3.63) is 11.3 Å². The molecule has 1 rings (SSSR count). The minimum atomic E-state index is -0.521. The molecule has 0 aromatic carbocycles. The number of carbonyl (C=O) groups excluding carboxylic acids is 2. The van der Waals surface area contributed by atoms with Crippen molar-refractivity contribution in [3.8, 4) is 0 Å². The summed E-state index contributed by atoms with van der Waals surface area (Å²) >= 11 is 0. The van der Waals surface area contributed by atoms with E-state index in [1.54, 1.807) is 0 Å². The molecular formula is C10H14NO3-. The van der Waals surface area contributed by atoms with Crippen molar-refractivity contribution in [2.24, 2.45) is 5.92 Å². The van der Waals surface area contributed by atoms with Gasteiger partial charge in [-0.3, -0.25) is 9.59 Å². The van der Waals surface area contributed by atoms with E-state index in [0.29, 0.717) is 0 Å². The Hall–Kier alpha value is -1.32. The number of hydrogen-bond donors (Lipinski definition) is 1. The van der Waals surface area contributed by atoms with Gasteiger partial charge in [0.05, 0.1) is 5.57 Å². The highest BCUT2D eigenvalue weighted by atomic mass is 16.3. The highest BCUT2D eigenvalue weighted by molar-refractivity contribution is 6.20. The van der Waals surface area contributed by atoms with Crippen molar-refractivity contribution in [1.29, 1.82) is 0 Å². The summed E-state index contributed by atoms with van der Waals surface area (Å²) in [5, 5.41) is 14.2. The molecule has 1 amide bonds. The Labute approximate surface area is 83.0 Å². The SMILES string of the molecule is CC[C@H](C)[C@@H]1NC(=O)C(C(C)=O)=C1[O-]. The topological polar surface area (TPSA) is 69.2 Å². The van der Waals surface area contributed by atoms with Crippen molar-refractivity contribution in [3.63, 3.8) is 0 Å².